The van der Waals surface area contributed by atoms with Crippen molar-refractivity contribution in [3.8, 4) is 16.9 Å². The van der Waals surface area contributed by atoms with E-state index >= 15 is 0 Å². The van der Waals surface area contributed by atoms with Gasteiger partial charge in [-0.1, -0.05) is 36.4 Å². The van der Waals surface area contributed by atoms with Gasteiger partial charge in [0.05, 0.1) is 16.3 Å². The third-order valence-corrected chi connectivity index (χ3v) is 5.05. The van der Waals surface area contributed by atoms with Gasteiger partial charge in [-0.3, -0.25) is 4.79 Å². The van der Waals surface area contributed by atoms with Crippen LogP contribution < -0.4 is 5.32 Å². The van der Waals surface area contributed by atoms with Crippen molar-refractivity contribution >= 4 is 22.9 Å². The molecule has 0 aliphatic heterocycles. The highest BCUT2D eigenvalue weighted by Crippen LogP contribution is 2.33. The summed E-state index contributed by atoms with van der Waals surface area (Å²) >= 11 is 1.32. The Labute approximate surface area is 168 Å². The summed E-state index contributed by atoms with van der Waals surface area (Å²) in [5.41, 5.74) is 0.958. The van der Waals surface area contributed by atoms with Crippen molar-refractivity contribution in [2.24, 2.45) is 0 Å². The molecule has 4 rings (SSSR count). The molecule has 8 heteroatoms. The number of hydrogen-bond acceptors (Lipinski definition) is 3. The van der Waals surface area contributed by atoms with E-state index in [1.54, 1.807) is 72.1 Å². The van der Waals surface area contributed by atoms with Gasteiger partial charge in [-0.15, -0.1) is 11.3 Å². The van der Waals surface area contributed by atoms with Crippen LogP contribution in [0.15, 0.2) is 78.2 Å². The monoisotopic (exact) mass is 413 g/mol. The average molecular weight is 413 g/mol. The smallest absolute Gasteiger partial charge is 0.321 e. The fourth-order valence-electron chi connectivity index (χ4n) is 2.82. The predicted octanol–water partition coefficient (Wildman–Crippen LogP) is 5.87. The van der Waals surface area contributed by atoms with Crippen LogP contribution in [0.1, 0.15) is 15.4 Å². The Morgan fingerprint density at radius 3 is 2.31 bits per heavy atom. The Balaban J connectivity index is 1.67. The van der Waals surface area contributed by atoms with Crippen LogP contribution in [0.25, 0.3) is 16.9 Å². The third kappa shape index (κ3) is 4.07. The van der Waals surface area contributed by atoms with Crippen LogP contribution in [0.2, 0.25) is 0 Å². The highest BCUT2D eigenvalue weighted by molar-refractivity contribution is 7.12. The largest absolute Gasteiger partial charge is 0.435 e. The maximum atomic E-state index is 13.2. The first-order valence-electron chi connectivity index (χ1n) is 8.60. The Morgan fingerprint density at radius 2 is 1.69 bits per heavy atom. The van der Waals surface area contributed by atoms with E-state index in [2.05, 4.69) is 10.4 Å². The van der Waals surface area contributed by atoms with E-state index < -0.39 is 11.9 Å². The Morgan fingerprint density at radius 1 is 0.966 bits per heavy atom. The zero-order chi connectivity index (χ0) is 20.4. The molecule has 1 amide bonds. The zero-order valence-electron chi connectivity index (χ0n) is 14.9. The van der Waals surface area contributed by atoms with Gasteiger partial charge in [0.1, 0.15) is 0 Å². The number of thiophene rings is 1. The highest BCUT2D eigenvalue weighted by Gasteiger charge is 2.35. The molecule has 0 bridgehead atoms. The van der Waals surface area contributed by atoms with Crippen molar-refractivity contribution in [2.75, 3.05) is 5.32 Å². The molecule has 0 saturated heterocycles. The molecule has 0 aliphatic rings. The molecule has 2 aromatic carbocycles. The minimum absolute atomic E-state index is 0.235. The molecule has 29 heavy (non-hydrogen) atoms. The molecular weight excluding hydrogens is 399 g/mol. The number of hydrogen-bond donors (Lipinski definition) is 1. The minimum Gasteiger partial charge on any atom is -0.321 e. The molecule has 0 fully saturated rings. The number of aromatic nitrogens is 2. The Kier molecular flexibility index (Phi) is 4.94. The lowest BCUT2D eigenvalue weighted by Crippen LogP contribution is -2.09. The standard InChI is InChI=1S/C21H14F3N3OS/c22-21(23,24)19-13-17(27(26-19)16-5-2-1-3-6-16)14-8-10-15(11-9-14)25-20(28)18-7-4-12-29-18/h1-13H,(H,25,28). The summed E-state index contributed by atoms with van der Waals surface area (Å²) in [5, 5.41) is 8.33. The summed E-state index contributed by atoms with van der Waals surface area (Å²) in [4.78, 5) is 12.7. The summed E-state index contributed by atoms with van der Waals surface area (Å²) in [6.45, 7) is 0. The number of benzene rings is 2. The molecule has 0 atom stereocenters. The summed E-state index contributed by atoms with van der Waals surface area (Å²) in [6, 6.07) is 19.7. The average Bonchev–Trinajstić information content (AvgIpc) is 3.39. The molecule has 2 aromatic heterocycles. The van der Waals surface area contributed by atoms with E-state index in [1.165, 1.54) is 16.0 Å². The van der Waals surface area contributed by atoms with Crippen molar-refractivity contribution in [3.63, 3.8) is 0 Å². The van der Waals surface area contributed by atoms with Gasteiger partial charge in [0.15, 0.2) is 5.69 Å². The van der Waals surface area contributed by atoms with E-state index in [0.29, 0.717) is 27.5 Å². The SMILES string of the molecule is O=C(Nc1ccc(-c2cc(C(F)(F)F)nn2-c2ccccc2)cc1)c1cccs1. The Bertz CT molecular complexity index is 1120. The molecule has 0 unspecified atom stereocenters. The van der Waals surface area contributed by atoms with Crippen LogP contribution in [-0.4, -0.2) is 15.7 Å². The number of rotatable bonds is 4. The number of carbonyl (C=O) groups is 1. The lowest BCUT2D eigenvalue weighted by Gasteiger charge is -2.09. The van der Waals surface area contributed by atoms with Gasteiger partial charge in [-0.2, -0.15) is 18.3 Å². The van der Waals surface area contributed by atoms with Crippen molar-refractivity contribution in [1.82, 2.24) is 9.78 Å². The lowest BCUT2D eigenvalue weighted by molar-refractivity contribution is -0.141. The number of alkyl halides is 3. The number of nitrogens with one attached hydrogen (secondary N) is 1. The van der Waals surface area contributed by atoms with E-state index in [4.69, 9.17) is 0 Å². The molecule has 4 aromatic rings. The second-order valence-electron chi connectivity index (χ2n) is 6.17. The summed E-state index contributed by atoms with van der Waals surface area (Å²) < 4.78 is 41.0. The highest BCUT2D eigenvalue weighted by atomic mass is 32.1. The number of halogens is 3. The van der Waals surface area contributed by atoms with Crippen molar-refractivity contribution in [3.05, 3.63) is 88.7 Å². The van der Waals surface area contributed by atoms with Gasteiger partial charge in [-0.25, -0.2) is 4.68 Å². The topological polar surface area (TPSA) is 46.9 Å². The summed E-state index contributed by atoms with van der Waals surface area (Å²) in [5.74, 6) is -0.235. The normalized spacial score (nSPS) is 11.4. The van der Waals surface area contributed by atoms with Crippen molar-refractivity contribution in [1.29, 1.82) is 0 Å². The molecule has 146 valence electrons. The van der Waals surface area contributed by atoms with Crippen molar-refractivity contribution in [2.45, 2.75) is 6.18 Å². The first-order chi connectivity index (χ1) is 13.9. The molecule has 0 radical (unpaired) electrons. The predicted molar refractivity (Wildman–Crippen MR) is 106 cm³/mol. The first kappa shape index (κ1) is 18.9. The molecule has 1 N–H and O–H groups in total. The van der Waals surface area contributed by atoms with Crippen LogP contribution in [0.5, 0.6) is 0 Å². The van der Waals surface area contributed by atoms with Gasteiger partial charge in [-0.05, 0) is 41.8 Å². The number of anilines is 1. The zero-order valence-corrected chi connectivity index (χ0v) is 15.7. The van der Waals surface area contributed by atoms with E-state index in [1.807, 2.05) is 0 Å². The van der Waals surface area contributed by atoms with E-state index in [0.717, 1.165) is 6.07 Å². The van der Waals surface area contributed by atoms with Crippen LogP contribution in [0.4, 0.5) is 18.9 Å². The number of para-hydroxylation sites is 1. The number of amides is 1. The second kappa shape index (κ2) is 7.56. The summed E-state index contributed by atoms with van der Waals surface area (Å²) in [7, 11) is 0. The molecule has 4 nitrogen and oxygen atoms in total. The molecule has 0 aliphatic carbocycles. The van der Waals surface area contributed by atoms with E-state index in [9.17, 15) is 18.0 Å². The number of carbonyl (C=O) groups excluding carboxylic acids is 1. The third-order valence-electron chi connectivity index (χ3n) is 4.18. The van der Waals surface area contributed by atoms with Gasteiger partial charge in [0.25, 0.3) is 5.91 Å². The van der Waals surface area contributed by atoms with Gasteiger partial charge in [0, 0.05) is 11.3 Å². The molecular formula is C21H14F3N3OS. The molecule has 2 heterocycles. The maximum absolute atomic E-state index is 13.2. The number of nitrogens with zero attached hydrogens (tertiary/aromatic N) is 2. The fraction of sp³-hybridized carbons (Fsp3) is 0.0476. The maximum Gasteiger partial charge on any atom is 0.435 e. The van der Waals surface area contributed by atoms with Gasteiger partial charge < -0.3 is 5.32 Å². The molecule has 0 spiro atoms. The first-order valence-corrected chi connectivity index (χ1v) is 9.48. The van der Waals surface area contributed by atoms with Crippen LogP contribution in [-0.2, 0) is 6.18 Å². The quantitative estimate of drug-likeness (QED) is 0.455. The van der Waals surface area contributed by atoms with E-state index in [-0.39, 0.29) is 5.91 Å². The van der Waals surface area contributed by atoms with Crippen LogP contribution >= 0.6 is 11.3 Å². The molecule has 0 saturated carbocycles. The van der Waals surface area contributed by atoms with Gasteiger partial charge in [0.2, 0.25) is 0 Å². The fourth-order valence-corrected chi connectivity index (χ4v) is 3.43. The van der Waals surface area contributed by atoms with Gasteiger partial charge >= 0.3 is 6.18 Å². The van der Waals surface area contributed by atoms with Crippen molar-refractivity contribution < 1.29 is 18.0 Å². The minimum atomic E-state index is -4.55. The second-order valence-corrected chi connectivity index (χ2v) is 7.12. The van der Waals surface area contributed by atoms with Crippen LogP contribution in [0, 0.1) is 0 Å². The van der Waals surface area contributed by atoms with Crippen LogP contribution in [0.3, 0.4) is 0 Å². The Hall–Kier alpha value is -3.39. The summed E-state index contributed by atoms with van der Waals surface area (Å²) in [6.07, 6.45) is -4.55. The lowest BCUT2D eigenvalue weighted by atomic mass is 10.1.